The van der Waals surface area contributed by atoms with E-state index in [-0.39, 0.29) is 16.2 Å². The van der Waals surface area contributed by atoms with Gasteiger partial charge in [0.25, 0.3) is 11.8 Å². The molecule has 9 heteroatoms. The summed E-state index contributed by atoms with van der Waals surface area (Å²) in [7, 11) is 0. The lowest BCUT2D eigenvalue weighted by molar-refractivity contribution is 0.102. The fraction of sp³-hybridized carbons (Fsp3) is 0.0417. The van der Waals surface area contributed by atoms with Crippen molar-refractivity contribution in [2.45, 2.75) is 6.04 Å². The largest absolute Gasteiger partial charge is 0.414 e. The van der Waals surface area contributed by atoms with E-state index in [1.54, 1.807) is 24.3 Å². The van der Waals surface area contributed by atoms with Crippen molar-refractivity contribution in [3.05, 3.63) is 111 Å². The monoisotopic (exact) mass is 524 g/mol. The van der Waals surface area contributed by atoms with E-state index in [0.717, 1.165) is 11.1 Å². The fourth-order valence-corrected chi connectivity index (χ4v) is 3.75. The van der Waals surface area contributed by atoms with Crippen molar-refractivity contribution in [1.82, 2.24) is 15.5 Å². The van der Waals surface area contributed by atoms with Crippen molar-refractivity contribution >= 4 is 45.3 Å². The smallest absolute Gasteiger partial charge is 0.388 e. The van der Waals surface area contributed by atoms with Crippen molar-refractivity contribution in [2.24, 2.45) is 0 Å². The standard InChI is InChI=1S/C24H18BrClN4O3/c25-19-21(28-22(31)17-13-7-8-14-18(17)26)29-30-23(19)33-24(32)27-20(15-9-3-1-4-10-15)16-11-5-2-6-12-16/h1-14,20H,(H,27,32)(H2,28,29,30,31). The van der Waals surface area contributed by atoms with Gasteiger partial charge in [-0.05, 0) is 39.2 Å². The van der Waals surface area contributed by atoms with Gasteiger partial charge in [0, 0.05) is 0 Å². The van der Waals surface area contributed by atoms with Crippen molar-refractivity contribution in [3.63, 3.8) is 0 Å². The Kier molecular flexibility index (Phi) is 7.07. The number of carbonyl (C=O) groups excluding carboxylic acids is 2. The van der Waals surface area contributed by atoms with Gasteiger partial charge >= 0.3 is 6.09 Å². The van der Waals surface area contributed by atoms with Crippen LogP contribution in [-0.2, 0) is 0 Å². The topological polar surface area (TPSA) is 96.1 Å². The third kappa shape index (κ3) is 5.42. The van der Waals surface area contributed by atoms with Crippen LogP contribution in [0.3, 0.4) is 0 Å². The number of hydrogen-bond acceptors (Lipinski definition) is 4. The van der Waals surface area contributed by atoms with E-state index in [0.29, 0.717) is 10.6 Å². The summed E-state index contributed by atoms with van der Waals surface area (Å²) in [5.41, 5.74) is 2.10. The average Bonchev–Trinajstić information content (AvgIpc) is 3.17. The van der Waals surface area contributed by atoms with Gasteiger partial charge in [-0.1, -0.05) is 84.4 Å². The summed E-state index contributed by atoms with van der Waals surface area (Å²) in [5, 5.41) is 12.4. The molecule has 7 nitrogen and oxygen atoms in total. The number of amides is 2. The first kappa shape index (κ1) is 22.6. The molecule has 2 amide bonds. The molecule has 0 aliphatic rings. The number of carbonyl (C=O) groups is 2. The quantitative estimate of drug-likeness (QED) is 0.290. The molecule has 0 spiro atoms. The van der Waals surface area contributed by atoms with Gasteiger partial charge in [0.15, 0.2) is 0 Å². The van der Waals surface area contributed by atoms with E-state index in [1.165, 1.54) is 0 Å². The second-order valence-corrected chi connectivity index (χ2v) is 8.14. The number of aromatic nitrogens is 2. The molecule has 0 atom stereocenters. The Bertz CT molecular complexity index is 1230. The Morgan fingerprint density at radius 3 is 2.09 bits per heavy atom. The molecule has 0 saturated heterocycles. The number of ether oxygens (including phenoxy) is 1. The third-order valence-corrected chi connectivity index (χ3v) is 5.82. The Labute approximate surface area is 203 Å². The highest BCUT2D eigenvalue weighted by Crippen LogP contribution is 2.31. The predicted molar refractivity (Wildman–Crippen MR) is 130 cm³/mol. The van der Waals surface area contributed by atoms with E-state index in [2.05, 4.69) is 36.8 Å². The van der Waals surface area contributed by atoms with Crippen LogP contribution in [0.2, 0.25) is 5.02 Å². The van der Waals surface area contributed by atoms with Gasteiger partial charge in [-0.2, -0.15) is 0 Å². The van der Waals surface area contributed by atoms with Gasteiger partial charge < -0.3 is 15.4 Å². The van der Waals surface area contributed by atoms with E-state index in [9.17, 15) is 9.59 Å². The number of anilines is 1. The minimum absolute atomic E-state index is 0.0261. The molecule has 1 heterocycles. The van der Waals surface area contributed by atoms with Crippen LogP contribution in [0.5, 0.6) is 5.88 Å². The molecule has 0 aliphatic heterocycles. The number of halogens is 2. The van der Waals surface area contributed by atoms with E-state index in [1.807, 2.05) is 60.7 Å². The molecule has 0 aliphatic carbocycles. The van der Waals surface area contributed by atoms with Crippen LogP contribution in [0, 0.1) is 0 Å². The van der Waals surface area contributed by atoms with Crippen LogP contribution >= 0.6 is 27.5 Å². The maximum atomic E-state index is 12.7. The van der Waals surface area contributed by atoms with Gasteiger partial charge in [-0.15, -0.1) is 5.10 Å². The van der Waals surface area contributed by atoms with Crippen molar-refractivity contribution in [1.29, 1.82) is 0 Å². The molecule has 4 rings (SSSR count). The second kappa shape index (κ2) is 10.3. The van der Waals surface area contributed by atoms with Crippen LogP contribution in [0.25, 0.3) is 0 Å². The summed E-state index contributed by atoms with van der Waals surface area (Å²) in [6.07, 6.45) is -0.705. The van der Waals surface area contributed by atoms with E-state index in [4.69, 9.17) is 16.3 Å². The SMILES string of the molecule is O=C(NC(c1ccccc1)c1ccccc1)Oc1n[nH]c(NC(=O)c2ccccc2Cl)c1Br. The Morgan fingerprint density at radius 2 is 1.48 bits per heavy atom. The van der Waals surface area contributed by atoms with Crippen LogP contribution in [0.4, 0.5) is 10.6 Å². The normalized spacial score (nSPS) is 10.6. The lowest BCUT2D eigenvalue weighted by atomic mass is 9.99. The molecule has 3 N–H and O–H groups in total. The van der Waals surface area contributed by atoms with E-state index >= 15 is 0 Å². The zero-order valence-electron chi connectivity index (χ0n) is 17.1. The van der Waals surface area contributed by atoms with Gasteiger partial charge in [0.1, 0.15) is 10.3 Å². The van der Waals surface area contributed by atoms with Crippen LogP contribution in [0.15, 0.2) is 89.4 Å². The summed E-state index contributed by atoms with van der Waals surface area (Å²) >= 11 is 9.38. The van der Waals surface area contributed by atoms with Gasteiger partial charge in [-0.25, -0.2) is 4.79 Å². The van der Waals surface area contributed by atoms with E-state index < -0.39 is 18.0 Å². The maximum Gasteiger partial charge on any atom is 0.414 e. The average molecular weight is 526 g/mol. The molecule has 0 radical (unpaired) electrons. The molecule has 0 bridgehead atoms. The number of nitrogens with one attached hydrogen (secondary N) is 3. The number of nitrogens with zero attached hydrogens (tertiary/aromatic N) is 1. The number of H-pyrrole nitrogens is 1. The number of aromatic amines is 1. The first-order chi connectivity index (χ1) is 16.0. The Morgan fingerprint density at radius 1 is 0.909 bits per heavy atom. The molecular formula is C24H18BrClN4O3. The molecule has 0 fully saturated rings. The van der Waals surface area contributed by atoms with Crippen LogP contribution in [-0.4, -0.2) is 22.2 Å². The summed E-state index contributed by atoms with van der Waals surface area (Å²) in [4.78, 5) is 25.2. The van der Waals surface area contributed by atoms with Crippen LogP contribution < -0.4 is 15.4 Å². The van der Waals surface area contributed by atoms with Gasteiger partial charge in [0.05, 0.1) is 16.6 Å². The fourth-order valence-electron chi connectivity index (χ4n) is 3.17. The molecule has 0 unspecified atom stereocenters. The first-order valence-corrected chi connectivity index (χ1v) is 11.1. The highest BCUT2D eigenvalue weighted by molar-refractivity contribution is 9.10. The molecule has 4 aromatic rings. The lowest BCUT2D eigenvalue weighted by Crippen LogP contribution is -2.32. The molecule has 166 valence electrons. The summed E-state index contributed by atoms with van der Waals surface area (Å²) in [6, 6.07) is 25.3. The minimum Gasteiger partial charge on any atom is -0.388 e. The Hall–Kier alpha value is -3.62. The zero-order valence-corrected chi connectivity index (χ0v) is 19.4. The second-order valence-electron chi connectivity index (χ2n) is 6.94. The van der Waals surface area contributed by atoms with Crippen molar-refractivity contribution < 1.29 is 14.3 Å². The predicted octanol–water partition coefficient (Wildman–Crippen LogP) is 5.96. The maximum absolute atomic E-state index is 12.7. The van der Waals surface area contributed by atoms with Gasteiger partial charge in [0.2, 0.25) is 0 Å². The zero-order chi connectivity index (χ0) is 23.2. The summed E-state index contributed by atoms with van der Waals surface area (Å²) in [6.45, 7) is 0. The molecule has 0 saturated carbocycles. The first-order valence-electron chi connectivity index (χ1n) is 9.91. The lowest BCUT2D eigenvalue weighted by Gasteiger charge is -2.19. The van der Waals surface area contributed by atoms with Crippen molar-refractivity contribution in [2.75, 3.05) is 5.32 Å². The molecule has 3 aromatic carbocycles. The highest BCUT2D eigenvalue weighted by atomic mass is 79.9. The Balaban J connectivity index is 1.48. The molecule has 33 heavy (non-hydrogen) atoms. The molecular weight excluding hydrogens is 508 g/mol. The number of rotatable bonds is 6. The summed E-state index contributed by atoms with van der Waals surface area (Å²) in [5.74, 6) is -0.235. The number of benzene rings is 3. The molecule has 1 aromatic heterocycles. The van der Waals surface area contributed by atoms with Gasteiger partial charge in [-0.3, -0.25) is 9.89 Å². The number of hydrogen-bond donors (Lipinski definition) is 3. The third-order valence-electron chi connectivity index (χ3n) is 4.75. The minimum atomic E-state index is -0.705. The van der Waals surface area contributed by atoms with Crippen LogP contribution in [0.1, 0.15) is 27.5 Å². The van der Waals surface area contributed by atoms with Crippen molar-refractivity contribution in [3.8, 4) is 5.88 Å². The summed E-state index contributed by atoms with van der Waals surface area (Å²) < 4.78 is 5.68. The highest BCUT2D eigenvalue weighted by Gasteiger charge is 2.22.